The van der Waals surface area contributed by atoms with Gasteiger partial charge in [-0.2, -0.15) is 0 Å². The highest BCUT2D eigenvalue weighted by Crippen LogP contribution is 2.15. The summed E-state index contributed by atoms with van der Waals surface area (Å²) in [5.74, 6) is -0.0436. The maximum atomic E-state index is 12.6. The molecule has 0 bridgehead atoms. The normalized spacial score (nSPS) is 11.9. The van der Waals surface area contributed by atoms with Gasteiger partial charge in [0.05, 0.1) is 0 Å². The summed E-state index contributed by atoms with van der Waals surface area (Å²) in [4.78, 5) is 37.4. The zero-order valence-electron chi connectivity index (χ0n) is 32.4. The summed E-state index contributed by atoms with van der Waals surface area (Å²) in [6, 6.07) is 0. The summed E-state index contributed by atoms with van der Waals surface area (Å²) >= 11 is 0. The minimum atomic E-state index is -0.757. The molecule has 1 atom stereocenters. The van der Waals surface area contributed by atoms with E-state index < -0.39 is 6.10 Å². The largest absolute Gasteiger partial charge is 0.462 e. The smallest absolute Gasteiger partial charge is 0.306 e. The second-order valence-corrected chi connectivity index (χ2v) is 14.7. The summed E-state index contributed by atoms with van der Waals surface area (Å²) in [5, 5.41) is 0. The van der Waals surface area contributed by atoms with Gasteiger partial charge in [0.2, 0.25) is 0 Å². The van der Waals surface area contributed by atoms with Gasteiger partial charge in [0.1, 0.15) is 13.2 Å². The van der Waals surface area contributed by atoms with E-state index in [2.05, 4.69) is 27.7 Å². The van der Waals surface area contributed by atoms with Gasteiger partial charge < -0.3 is 14.2 Å². The van der Waals surface area contributed by atoms with Crippen LogP contribution in [-0.2, 0) is 28.6 Å². The average Bonchev–Trinajstić information content (AvgIpc) is 3.06. The molecular weight excluding hydrogens is 600 g/mol. The fourth-order valence-electron chi connectivity index (χ4n) is 6.10. The number of carbonyl (C=O) groups excluding carboxylic acids is 3. The number of carbonyl (C=O) groups is 3. The SMILES string of the molecule is CCCCCCCCCCCC(=O)OC[C@H](COC(=O)CCCCCCCCC)OC(=O)CCCCCCCCCCCCCC(C)C. The van der Waals surface area contributed by atoms with Crippen molar-refractivity contribution in [2.24, 2.45) is 5.92 Å². The molecule has 0 radical (unpaired) electrons. The minimum Gasteiger partial charge on any atom is -0.462 e. The first kappa shape index (κ1) is 46.4. The first-order chi connectivity index (χ1) is 23.4. The highest BCUT2D eigenvalue weighted by Gasteiger charge is 2.19. The van der Waals surface area contributed by atoms with Crippen molar-refractivity contribution >= 4 is 17.9 Å². The van der Waals surface area contributed by atoms with Gasteiger partial charge in [-0.05, 0) is 25.2 Å². The van der Waals surface area contributed by atoms with Crippen LogP contribution in [0.15, 0.2) is 0 Å². The number of rotatable bonds is 37. The van der Waals surface area contributed by atoms with Crippen LogP contribution in [0.1, 0.15) is 227 Å². The first-order valence-corrected chi connectivity index (χ1v) is 20.9. The predicted octanol–water partition coefficient (Wildman–Crippen LogP) is 12.8. The second-order valence-electron chi connectivity index (χ2n) is 14.7. The Morgan fingerprint density at radius 3 is 1.02 bits per heavy atom. The lowest BCUT2D eigenvalue weighted by Crippen LogP contribution is -2.30. The maximum Gasteiger partial charge on any atom is 0.306 e. The van der Waals surface area contributed by atoms with Gasteiger partial charge in [0.15, 0.2) is 6.10 Å². The van der Waals surface area contributed by atoms with Crippen molar-refractivity contribution in [2.45, 2.75) is 233 Å². The molecule has 0 heterocycles. The van der Waals surface area contributed by atoms with Crippen molar-refractivity contribution in [1.29, 1.82) is 0 Å². The standard InChI is InChI=1S/C42H80O6/c1-5-7-9-11-13-17-22-26-30-34-41(44)47-37-39(36-46-40(43)33-29-25-20-12-10-8-6-2)48-42(45)35-31-27-23-19-16-14-15-18-21-24-28-32-38(3)4/h38-39H,5-37H2,1-4H3/t39-/m0/s1. The lowest BCUT2D eigenvalue weighted by atomic mass is 10.0. The fourth-order valence-corrected chi connectivity index (χ4v) is 6.10. The summed E-state index contributed by atoms with van der Waals surface area (Å²) in [7, 11) is 0. The molecule has 0 rings (SSSR count). The number of hydrogen-bond donors (Lipinski definition) is 0. The van der Waals surface area contributed by atoms with E-state index in [1.54, 1.807) is 0 Å². The third-order valence-corrected chi connectivity index (χ3v) is 9.29. The van der Waals surface area contributed by atoms with E-state index in [1.807, 2.05) is 0 Å². The highest BCUT2D eigenvalue weighted by molar-refractivity contribution is 5.71. The maximum absolute atomic E-state index is 12.6. The molecule has 0 aliphatic carbocycles. The van der Waals surface area contributed by atoms with Crippen LogP contribution in [-0.4, -0.2) is 37.2 Å². The highest BCUT2D eigenvalue weighted by atomic mass is 16.6. The molecule has 0 spiro atoms. The molecular formula is C42H80O6. The van der Waals surface area contributed by atoms with Gasteiger partial charge in [0.25, 0.3) is 0 Å². The number of unbranched alkanes of at least 4 members (excludes halogenated alkanes) is 24. The van der Waals surface area contributed by atoms with Crippen LogP contribution in [0.5, 0.6) is 0 Å². The topological polar surface area (TPSA) is 78.9 Å². The van der Waals surface area contributed by atoms with Crippen molar-refractivity contribution in [3.8, 4) is 0 Å². The van der Waals surface area contributed by atoms with Gasteiger partial charge >= 0.3 is 17.9 Å². The third kappa shape index (κ3) is 35.7. The van der Waals surface area contributed by atoms with Crippen molar-refractivity contribution in [3.63, 3.8) is 0 Å². The van der Waals surface area contributed by atoms with E-state index in [0.717, 1.165) is 63.7 Å². The molecule has 0 unspecified atom stereocenters. The zero-order chi connectivity index (χ0) is 35.3. The fraction of sp³-hybridized carbons (Fsp3) is 0.929. The number of ether oxygens (including phenoxy) is 3. The van der Waals surface area contributed by atoms with Crippen LogP contribution in [0.25, 0.3) is 0 Å². The van der Waals surface area contributed by atoms with Crippen LogP contribution < -0.4 is 0 Å². The summed E-state index contributed by atoms with van der Waals surface area (Å²) < 4.78 is 16.6. The summed E-state index contributed by atoms with van der Waals surface area (Å²) in [6.45, 7) is 8.92. The van der Waals surface area contributed by atoms with Crippen molar-refractivity contribution in [2.75, 3.05) is 13.2 Å². The molecule has 0 aromatic carbocycles. The first-order valence-electron chi connectivity index (χ1n) is 20.9. The number of esters is 3. The zero-order valence-corrected chi connectivity index (χ0v) is 32.4. The van der Waals surface area contributed by atoms with Gasteiger partial charge in [-0.1, -0.05) is 188 Å². The molecule has 0 aromatic rings. The van der Waals surface area contributed by atoms with Crippen LogP contribution >= 0.6 is 0 Å². The van der Waals surface area contributed by atoms with Gasteiger partial charge in [-0.15, -0.1) is 0 Å². The Bertz CT molecular complexity index is 721. The number of hydrogen-bond acceptors (Lipinski definition) is 6. The Hall–Kier alpha value is -1.59. The van der Waals surface area contributed by atoms with Crippen LogP contribution in [0, 0.1) is 5.92 Å². The van der Waals surface area contributed by atoms with Crippen LogP contribution in [0.2, 0.25) is 0 Å². The summed E-state index contributed by atoms with van der Waals surface area (Å²) in [6.07, 6.45) is 33.8. The Morgan fingerprint density at radius 2 is 0.688 bits per heavy atom. The lowest BCUT2D eigenvalue weighted by Gasteiger charge is -2.18. The monoisotopic (exact) mass is 681 g/mol. The van der Waals surface area contributed by atoms with Crippen molar-refractivity contribution in [3.05, 3.63) is 0 Å². The Morgan fingerprint density at radius 1 is 0.396 bits per heavy atom. The molecule has 6 nitrogen and oxygen atoms in total. The predicted molar refractivity (Wildman–Crippen MR) is 201 cm³/mol. The molecule has 284 valence electrons. The molecule has 0 N–H and O–H groups in total. The second kappa shape index (κ2) is 36.7. The lowest BCUT2D eigenvalue weighted by molar-refractivity contribution is -0.167. The van der Waals surface area contributed by atoms with Crippen LogP contribution in [0.4, 0.5) is 0 Å². The minimum absolute atomic E-state index is 0.0650. The molecule has 0 fully saturated rings. The van der Waals surface area contributed by atoms with Crippen molar-refractivity contribution < 1.29 is 28.6 Å². The molecule has 0 saturated carbocycles. The molecule has 0 aliphatic rings. The molecule has 0 aromatic heterocycles. The van der Waals surface area contributed by atoms with E-state index in [4.69, 9.17) is 14.2 Å². The van der Waals surface area contributed by atoms with Gasteiger partial charge in [-0.25, -0.2) is 0 Å². The molecule has 0 amide bonds. The molecule has 0 aliphatic heterocycles. The Labute approximate surface area is 298 Å². The Balaban J connectivity index is 4.29. The van der Waals surface area contributed by atoms with E-state index >= 15 is 0 Å². The van der Waals surface area contributed by atoms with E-state index in [-0.39, 0.29) is 31.1 Å². The Kier molecular flexibility index (Phi) is 35.5. The van der Waals surface area contributed by atoms with Crippen LogP contribution in [0.3, 0.4) is 0 Å². The van der Waals surface area contributed by atoms with E-state index in [1.165, 1.54) is 122 Å². The quantitative estimate of drug-likeness (QED) is 0.0369. The third-order valence-electron chi connectivity index (χ3n) is 9.29. The summed E-state index contributed by atoms with van der Waals surface area (Å²) in [5.41, 5.74) is 0. The molecule has 48 heavy (non-hydrogen) atoms. The van der Waals surface area contributed by atoms with Gasteiger partial charge in [0, 0.05) is 19.3 Å². The van der Waals surface area contributed by atoms with Gasteiger partial charge in [-0.3, -0.25) is 14.4 Å². The van der Waals surface area contributed by atoms with Crippen molar-refractivity contribution in [1.82, 2.24) is 0 Å². The van der Waals surface area contributed by atoms with E-state index in [9.17, 15) is 14.4 Å². The molecule has 0 saturated heterocycles. The van der Waals surface area contributed by atoms with E-state index in [0.29, 0.717) is 19.3 Å². The molecule has 6 heteroatoms. The average molecular weight is 681 g/mol.